The number of benzene rings is 1. The van der Waals surface area contributed by atoms with Gasteiger partial charge in [-0.15, -0.1) is 0 Å². The molecule has 0 spiro atoms. The maximum absolute atomic E-state index is 13.5. The molecule has 7 rings (SSSR count). The molecule has 1 aliphatic carbocycles. The second-order valence-corrected chi connectivity index (χ2v) is 11.4. The predicted octanol–water partition coefficient (Wildman–Crippen LogP) is 3.61. The van der Waals surface area contributed by atoms with E-state index < -0.39 is 0 Å². The number of anilines is 1. The summed E-state index contributed by atoms with van der Waals surface area (Å²) in [6.07, 6.45) is 7.78. The van der Waals surface area contributed by atoms with Gasteiger partial charge in [0.1, 0.15) is 17.0 Å². The highest BCUT2D eigenvalue weighted by atomic mass is 16.5. The molecule has 11 nitrogen and oxygen atoms in total. The summed E-state index contributed by atoms with van der Waals surface area (Å²) in [4.78, 5) is 25.4. The highest BCUT2D eigenvalue weighted by Gasteiger charge is 2.33. The summed E-state index contributed by atoms with van der Waals surface area (Å²) in [7, 11) is 3.69. The smallest absolute Gasteiger partial charge is 0.257 e. The van der Waals surface area contributed by atoms with Gasteiger partial charge in [-0.05, 0) is 37.0 Å². The molecule has 2 N–H and O–H groups in total. The molecular formula is C32H35N7O4. The summed E-state index contributed by atoms with van der Waals surface area (Å²) in [5.41, 5.74) is 4.48. The number of aliphatic hydroxyl groups excluding tert-OH is 1. The topological polar surface area (TPSA) is 119 Å². The van der Waals surface area contributed by atoms with Gasteiger partial charge in [0.15, 0.2) is 5.65 Å². The van der Waals surface area contributed by atoms with Crippen LogP contribution in [0.5, 0.6) is 0 Å². The maximum atomic E-state index is 13.5. The van der Waals surface area contributed by atoms with Crippen LogP contribution in [0.2, 0.25) is 0 Å². The fourth-order valence-corrected chi connectivity index (χ4v) is 6.19. The third-order valence-corrected chi connectivity index (χ3v) is 8.70. The van der Waals surface area contributed by atoms with Crippen molar-refractivity contribution in [2.45, 2.75) is 50.1 Å². The van der Waals surface area contributed by atoms with Gasteiger partial charge in [0.05, 0.1) is 49.4 Å². The van der Waals surface area contributed by atoms with E-state index >= 15 is 0 Å². The molecule has 4 aromatic heterocycles. The zero-order valence-electron chi connectivity index (χ0n) is 24.3. The van der Waals surface area contributed by atoms with E-state index in [-0.39, 0.29) is 36.8 Å². The second kappa shape index (κ2) is 11.4. The van der Waals surface area contributed by atoms with E-state index in [4.69, 9.17) is 19.4 Å². The van der Waals surface area contributed by atoms with Crippen LogP contribution in [-0.4, -0.2) is 80.8 Å². The molecule has 222 valence electrons. The summed E-state index contributed by atoms with van der Waals surface area (Å²) in [5.74, 6) is 0.584. The molecule has 2 fully saturated rings. The van der Waals surface area contributed by atoms with Crippen LogP contribution >= 0.6 is 0 Å². The van der Waals surface area contributed by atoms with Crippen molar-refractivity contribution in [1.82, 2.24) is 29.5 Å². The molecule has 1 amide bonds. The Morgan fingerprint density at radius 3 is 2.79 bits per heavy atom. The van der Waals surface area contributed by atoms with E-state index in [0.717, 1.165) is 40.8 Å². The van der Waals surface area contributed by atoms with Crippen molar-refractivity contribution in [3.05, 3.63) is 78.2 Å². The number of pyridine rings is 1. The number of methoxy groups -OCH3 is 1. The van der Waals surface area contributed by atoms with Crippen molar-refractivity contribution in [3.63, 3.8) is 0 Å². The summed E-state index contributed by atoms with van der Waals surface area (Å²) in [5, 5.41) is 18.4. The highest BCUT2D eigenvalue weighted by Crippen LogP contribution is 2.36. The van der Waals surface area contributed by atoms with Gasteiger partial charge in [0.25, 0.3) is 5.91 Å². The van der Waals surface area contributed by atoms with Crippen LogP contribution in [0.4, 0.5) is 5.82 Å². The third-order valence-electron chi connectivity index (χ3n) is 8.70. The number of nitrogens with zero attached hydrogens (tertiary/aromatic N) is 6. The molecule has 1 saturated carbocycles. The summed E-state index contributed by atoms with van der Waals surface area (Å²) >= 11 is 0. The number of hydrogen-bond donors (Lipinski definition) is 2. The molecule has 2 aliphatic rings. The van der Waals surface area contributed by atoms with E-state index in [1.54, 1.807) is 24.0 Å². The molecule has 1 aromatic carbocycles. The molecule has 0 unspecified atom stereocenters. The van der Waals surface area contributed by atoms with Crippen molar-refractivity contribution in [2.75, 3.05) is 32.3 Å². The Balaban J connectivity index is 1.34. The number of aromatic nitrogens is 5. The second-order valence-electron chi connectivity index (χ2n) is 11.4. The Morgan fingerprint density at radius 2 is 2.05 bits per heavy atom. The van der Waals surface area contributed by atoms with Gasteiger partial charge in [-0.3, -0.25) is 4.79 Å². The molecule has 1 saturated heterocycles. The van der Waals surface area contributed by atoms with Gasteiger partial charge >= 0.3 is 0 Å². The fourth-order valence-electron chi connectivity index (χ4n) is 6.19. The molecule has 5 aromatic rings. The largest absolute Gasteiger partial charge is 0.394 e. The predicted molar refractivity (Wildman–Crippen MR) is 162 cm³/mol. The van der Waals surface area contributed by atoms with Gasteiger partial charge in [-0.1, -0.05) is 30.3 Å². The Kier molecular flexibility index (Phi) is 7.29. The first kappa shape index (κ1) is 27.5. The Morgan fingerprint density at radius 1 is 1.19 bits per heavy atom. The normalized spacial score (nSPS) is 21.7. The molecular weight excluding hydrogens is 546 g/mol. The van der Waals surface area contributed by atoms with E-state index in [9.17, 15) is 9.90 Å². The first-order valence-electron chi connectivity index (χ1n) is 14.7. The lowest BCUT2D eigenvalue weighted by Crippen LogP contribution is -2.51. The third kappa shape index (κ3) is 5.03. The molecule has 0 bridgehead atoms. The number of rotatable bonds is 9. The molecule has 43 heavy (non-hydrogen) atoms. The number of aliphatic hydroxyl groups is 1. The lowest BCUT2D eigenvalue weighted by molar-refractivity contribution is 0.00732. The van der Waals surface area contributed by atoms with E-state index in [0.29, 0.717) is 36.5 Å². The zero-order chi connectivity index (χ0) is 29.5. The van der Waals surface area contributed by atoms with Gasteiger partial charge in [-0.25, -0.2) is 9.97 Å². The molecule has 1 aliphatic heterocycles. The molecule has 11 heteroatoms. The Hall–Kier alpha value is -4.32. The minimum atomic E-state index is -0.217. The monoisotopic (exact) mass is 581 g/mol. The number of amides is 1. The number of carbonyl (C=O) groups is 1. The van der Waals surface area contributed by atoms with E-state index in [1.165, 1.54) is 0 Å². The van der Waals surface area contributed by atoms with E-state index in [1.807, 2.05) is 43.4 Å². The number of carbonyl (C=O) groups excluding carboxylic acids is 1. The number of nitrogens with one attached hydrogen (secondary N) is 1. The number of fused-ring (bicyclic) bond motifs is 2. The van der Waals surface area contributed by atoms with Crippen LogP contribution in [0.15, 0.2) is 67.1 Å². The molecule has 0 radical (unpaired) electrons. The maximum Gasteiger partial charge on any atom is 0.257 e. The lowest BCUT2D eigenvalue weighted by Gasteiger charge is -2.35. The lowest BCUT2D eigenvalue weighted by atomic mass is 9.89. The van der Waals surface area contributed by atoms with Crippen molar-refractivity contribution in [2.24, 2.45) is 0 Å². The SMILES string of the molecule is CO[C@H]1CC[C@@H]1NC(=O)c1cnn2c(N(C)Cc3ccccc3)cc(-c3cn([C@H]4CO[C@@H](CO)C4)c4ncccc34)nc12. The highest BCUT2D eigenvalue weighted by molar-refractivity contribution is 6.01. The van der Waals surface area contributed by atoms with Crippen molar-refractivity contribution in [3.8, 4) is 11.3 Å². The average molecular weight is 582 g/mol. The van der Waals surface area contributed by atoms with E-state index in [2.05, 4.69) is 38.2 Å². The zero-order valence-corrected chi connectivity index (χ0v) is 24.3. The number of hydrogen-bond acceptors (Lipinski definition) is 8. The van der Waals surface area contributed by atoms with Crippen LogP contribution in [0, 0.1) is 0 Å². The number of ether oxygens (including phenoxy) is 2. The first-order chi connectivity index (χ1) is 21.0. The first-order valence-corrected chi connectivity index (χ1v) is 14.7. The van der Waals surface area contributed by atoms with Gasteiger partial charge in [-0.2, -0.15) is 9.61 Å². The Labute approximate surface area is 249 Å². The van der Waals surface area contributed by atoms with Crippen LogP contribution in [0.25, 0.3) is 27.9 Å². The van der Waals surface area contributed by atoms with Crippen LogP contribution < -0.4 is 10.2 Å². The molecule has 5 heterocycles. The summed E-state index contributed by atoms with van der Waals surface area (Å²) in [6, 6.07) is 16.2. The van der Waals surface area contributed by atoms with Crippen LogP contribution in [-0.2, 0) is 16.0 Å². The molecule has 4 atom stereocenters. The average Bonchev–Trinajstić information content (AvgIpc) is 3.76. The van der Waals surface area contributed by atoms with Crippen LogP contribution in [0.1, 0.15) is 41.2 Å². The van der Waals surface area contributed by atoms with Crippen LogP contribution in [0.3, 0.4) is 0 Å². The Bertz CT molecular complexity index is 1770. The fraction of sp³-hybridized carbons (Fsp3) is 0.375. The van der Waals surface area contributed by atoms with Gasteiger partial charge < -0.3 is 29.4 Å². The van der Waals surface area contributed by atoms with Crippen molar-refractivity contribution >= 4 is 28.4 Å². The van der Waals surface area contributed by atoms with Crippen molar-refractivity contribution in [1.29, 1.82) is 0 Å². The van der Waals surface area contributed by atoms with Gasteiger partial charge in [0.2, 0.25) is 0 Å². The summed E-state index contributed by atoms with van der Waals surface area (Å²) < 4.78 is 15.2. The standard InChI is InChI=1S/C32H35N7O4/c1-37(16-20-7-4-3-5-8-20)29-14-27(35-31-24(15-34-39(29)31)32(41)36-26-10-11-28(26)42-2)25-17-38(21-13-22(18-40)43-19-21)30-23(25)9-6-12-33-30/h3-9,12,14-15,17,21-22,26,28,40H,10-11,13,16,18-19H2,1-2H3,(H,36,41)/t21-,22-,26+,28+/m1/s1. The van der Waals surface area contributed by atoms with Crippen molar-refractivity contribution < 1.29 is 19.4 Å². The minimum Gasteiger partial charge on any atom is -0.394 e. The summed E-state index contributed by atoms with van der Waals surface area (Å²) in [6.45, 7) is 1.13. The van der Waals surface area contributed by atoms with Gasteiger partial charge in [0, 0.05) is 50.1 Å². The quantitative estimate of drug-likeness (QED) is 0.271. The minimum absolute atomic E-state index is 0.0106.